The van der Waals surface area contributed by atoms with Crippen molar-refractivity contribution in [1.29, 1.82) is 0 Å². The molecule has 1 aromatic carbocycles. The van der Waals surface area contributed by atoms with Gasteiger partial charge in [-0.25, -0.2) is 0 Å². The lowest BCUT2D eigenvalue weighted by atomic mass is 9.80. The molecule has 2 N–H and O–H groups in total. The van der Waals surface area contributed by atoms with Crippen molar-refractivity contribution in [3.05, 3.63) is 28.8 Å². The van der Waals surface area contributed by atoms with Gasteiger partial charge in [-0.3, -0.25) is 0 Å². The number of nitrogens with two attached hydrogens (primary N) is 1. The Balaban J connectivity index is 2.03. The van der Waals surface area contributed by atoms with E-state index in [4.69, 9.17) is 22.1 Å². The molecular weight excluding hydrogens is 258 g/mol. The van der Waals surface area contributed by atoms with E-state index in [1.807, 2.05) is 25.1 Å². The highest BCUT2D eigenvalue weighted by Gasteiger charge is 2.26. The summed E-state index contributed by atoms with van der Waals surface area (Å²) in [6.07, 6.45) is 3.77. The highest BCUT2D eigenvalue weighted by Crippen LogP contribution is 2.34. The second-order valence-corrected chi connectivity index (χ2v) is 6.39. The molecule has 0 radical (unpaired) electrons. The van der Waals surface area contributed by atoms with Gasteiger partial charge in [0.05, 0.1) is 11.1 Å². The normalized spacial score (nSPS) is 29.0. The first-order chi connectivity index (χ1) is 8.97. The first kappa shape index (κ1) is 14.7. The topological polar surface area (TPSA) is 35.2 Å². The minimum atomic E-state index is 0.00195. The van der Waals surface area contributed by atoms with Gasteiger partial charge in [-0.2, -0.15) is 0 Å². The summed E-state index contributed by atoms with van der Waals surface area (Å²) in [5.41, 5.74) is 6.90. The van der Waals surface area contributed by atoms with Crippen molar-refractivity contribution in [2.24, 2.45) is 17.6 Å². The second kappa shape index (κ2) is 6.15. The third-order valence-electron chi connectivity index (χ3n) is 4.33. The van der Waals surface area contributed by atoms with Crippen molar-refractivity contribution in [1.82, 2.24) is 0 Å². The Bertz CT molecular complexity index is 433. The summed E-state index contributed by atoms with van der Waals surface area (Å²) in [7, 11) is 0. The van der Waals surface area contributed by atoms with Gasteiger partial charge in [0, 0.05) is 6.04 Å². The Kier molecular flexibility index (Phi) is 4.75. The van der Waals surface area contributed by atoms with Crippen LogP contribution in [0.25, 0.3) is 0 Å². The van der Waals surface area contributed by atoms with Gasteiger partial charge in [-0.05, 0) is 55.7 Å². The van der Waals surface area contributed by atoms with Crippen molar-refractivity contribution in [2.45, 2.75) is 52.2 Å². The van der Waals surface area contributed by atoms with Gasteiger partial charge < -0.3 is 10.5 Å². The zero-order valence-corrected chi connectivity index (χ0v) is 12.8. The molecule has 1 saturated carbocycles. The number of benzene rings is 1. The predicted molar refractivity (Wildman–Crippen MR) is 80.6 cm³/mol. The number of ether oxygens (including phenoxy) is 1. The van der Waals surface area contributed by atoms with Gasteiger partial charge in [-0.15, -0.1) is 0 Å². The van der Waals surface area contributed by atoms with E-state index < -0.39 is 0 Å². The van der Waals surface area contributed by atoms with Crippen LogP contribution in [0.4, 0.5) is 0 Å². The molecule has 3 heteroatoms. The number of hydrogen-bond acceptors (Lipinski definition) is 2. The van der Waals surface area contributed by atoms with E-state index in [1.165, 1.54) is 6.42 Å². The maximum atomic E-state index is 6.28. The highest BCUT2D eigenvalue weighted by molar-refractivity contribution is 6.32. The SMILES string of the molecule is CC(N)c1ccc(OC2CCC(C)C(C)C2)c(Cl)c1. The van der Waals surface area contributed by atoms with Gasteiger partial charge in [-0.1, -0.05) is 31.5 Å². The average molecular weight is 282 g/mol. The molecule has 2 nitrogen and oxygen atoms in total. The van der Waals surface area contributed by atoms with E-state index in [-0.39, 0.29) is 6.04 Å². The standard InChI is InChI=1S/C16H24ClNO/c1-10-4-6-14(8-11(10)2)19-16-7-5-13(12(3)18)9-15(16)17/h5,7,9-12,14H,4,6,8,18H2,1-3H3. The predicted octanol–water partition coefficient (Wildman–Crippen LogP) is 4.56. The summed E-state index contributed by atoms with van der Waals surface area (Å²) in [4.78, 5) is 0. The molecule has 0 aromatic heterocycles. The fraction of sp³-hybridized carbons (Fsp3) is 0.625. The summed E-state index contributed by atoms with van der Waals surface area (Å²) in [6, 6.07) is 5.86. The Morgan fingerprint density at radius 3 is 2.58 bits per heavy atom. The monoisotopic (exact) mass is 281 g/mol. The molecule has 0 spiro atoms. The van der Waals surface area contributed by atoms with E-state index in [9.17, 15) is 0 Å². The van der Waals surface area contributed by atoms with Crippen LogP contribution in [0, 0.1) is 11.8 Å². The first-order valence-corrected chi connectivity index (χ1v) is 7.57. The summed E-state index contributed by atoms with van der Waals surface area (Å²) in [6.45, 7) is 6.59. The summed E-state index contributed by atoms with van der Waals surface area (Å²) < 4.78 is 6.07. The molecular formula is C16H24ClNO. The van der Waals surface area contributed by atoms with Gasteiger partial charge in [0.1, 0.15) is 5.75 Å². The van der Waals surface area contributed by atoms with Crippen LogP contribution < -0.4 is 10.5 Å². The summed E-state index contributed by atoms with van der Waals surface area (Å²) in [5.74, 6) is 2.31. The average Bonchev–Trinajstić information content (AvgIpc) is 2.36. The van der Waals surface area contributed by atoms with Crippen LogP contribution in [0.1, 0.15) is 51.6 Å². The van der Waals surface area contributed by atoms with Crippen LogP contribution in [0.2, 0.25) is 5.02 Å². The zero-order chi connectivity index (χ0) is 14.0. The molecule has 19 heavy (non-hydrogen) atoms. The number of hydrogen-bond donors (Lipinski definition) is 1. The Morgan fingerprint density at radius 2 is 2.00 bits per heavy atom. The quantitative estimate of drug-likeness (QED) is 0.881. The van der Waals surface area contributed by atoms with Crippen molar-refractivity contribution in [2.75, 3.05) is 0 Å². The lowest BCUT2D eigenvalue weighted by molar-refractivity contribution is 0.101. The third kappa shape index (κ3) is 3.64. The third-order valence-corrected chi connectivity index (χ3v) is 4.62. The lowest BCUT2D eigenvalue weighted by Gasteiger charge is -2.32. The van der Waals surface area contributed by atoms with Crippen molar-refractivity contribution in [3.63, 3.8) is 0 Å². The molecule has 0 amide bonds. The van der Waals surface area contributed by atoms with Crippen LogP contribution in [-0.2, 0) is 0 Å². The fourth-order valence-electron chi connectivity index (χ4n) is 2.68. The van der Waals surface area contributed by atoms with Gasteiger partial charge in [0.2, 0.25) is 0 Å². The molecule has 4 atom stereocenters. The van der Waals surface area contributed by atoms with E-state index in [0.717, 1.165) is 36.0 Å². The molecule has 0 aliphatic heterocycles. The van der Waals surface area contributed by atoms with E-state index in [1.54, 1.807) is 0 Å². The minimum absolute atomic E-state index is 0.00195. The largest absolute Gasteiger partial charge is 0.489 e. The molecule has 0 heterocycles. The molecule has 4 unspecified atom stereocenters. The smallest absolute Gasteiger partial charge is 0.138 e. The van der Waals surface area contributed by atoms with Crippen LogP contribution >= 0.6 is 11.6 Å². The number of halogens is 1. The molecule has 1 fully saturated rings. The maximum absolute atomic E-state index is 6.28. The minimum Gasteiger partial charge on any atom is -0.489 e. The van der Waals surface area contributed by atoms with E-state index >= 15 is 0 Å². The Morgan fingerprint density at radius 1 is 1.26 bits per heavy atom. The van der Waals surface area contributed by atoms with Crippen LogP contribution in [0.15, 0.2) is 18.2 Å². The molecule has 0 saturated heterocycles. The highest BCUT2D eigenvalue weighted by atomic mass is 35.5. The summed E-state index contributed by atoms with van der Waals surface area (Å²) >= 11 is 6.28. The van der Waals surface area contributed by atoms with Gasteiger partial charge in [0.15, 0.2) is 0 Å². The number of rotatable bonds is 3. The molecule has 106 valence electrons. The van der Waals surface area contributed by atoms with Crippen LogP contribution in [0.3, 0.4) is 0 Å². The maximum Gasteiger partial charge on any atom is 0.138 e. The van der Waals surface area contributed by atoms with Crippen LogP contribution in [-0.4, -0.2) is 6.10 Å². The van der Waals surface area contributed by atoms with E-state index in [2.05, 4.69) is 13.8 Å². The zero-order valence-electron chi connectivity index (χ0n) is 12.0. The van der Waals surface area contributed by atoms with Gasteiger partial charge >= 0.3 is 0 Å². The van der Waals surface area contributed by atoms with Crippen molar-refractivity contribution < 1.29 is 4.74 Å². The molecule has 1 aliphatic rings. The van der Waals surface area contributed by atoms with Crippen molar-refractivity contribution >= 4 is 11.6 Å². The van der Waals surface area contributed by atoms with E-state index in [0.29, 0.717) is 11.1 Å². The lowest BCUT2D eigenvalue weighted by Crippen LogP contribution is -2.28. The van der Waals surface area contributed by atoms with Crippen molar-refractivity contribution in [3.8, 4) is 5.75 Å². The molecule has 0 bridgehead atoms. The molecule has 1 aliphatic carbocycles. The molecule has 1 aromatic rings. The molecule has 2 rings (SSSR count). The van der Waals surface area contributed by atoms with Gasteiger partial charge in [0.25, 0.3) is 0 Å². The first-order valence-electron chi connectivity index (χ1n) is 7.19. The Labute approximate surface area is 121 Å². The van der Waals surface area contributed by atoms with Crippen LogP contribution in [0.5, 0.6) is 5.75 Å². The Hall–Kier alpha value is -0.730. The summed E-state index contributed by atoms with van der Waals surface area (Å²) in [5, 5.41) is 0.668. The second-order valence-electron chi connectivity index (χ2n) is 5.99. The fourth-order valence-corrected chi connectivity index (χ4v) is 2.91.